The van der Waals surface area contributed by atoms with Gasteiger partial charge in [-0.1, -0.05) is 18.2 Å². The lowest BCUT2D eigenvalue weighted by molar-refractivity contribution is 0.0411. The van der Waals surface area contributed by atoms with Crippen LogP contribution in [0.5, 0.6) is 0 Å². The quantitative estimate of drug-likeness (QED) is 0.660. The summed E-state index contributed by atoms with van der Waals surface area (Å²) in [5.41, 5.74) is 3.45. The molecule has 2 aromatic carbocycles. The van der Waals surface area contributed by atoms with E-state index in [0.717, 1.165) is 54.6 Å². The van der Waals surface area contributed by atoms with Crippen LogP contribution in [0.2, 0.25) is 0 Å². The Morgan fingerprint density at radius 1 is 1.10 bits per heavy atom. The van der Waals surface area contributed by atoms with Gasteiger partial charge in [-0.15, -0.1) is 0 Å². The minimum atomic E-state index is -0.329. The van der Waals surface area contributed by atoms with Crippen molar-refractivity contribution in [3.63, 3.8) is 0 Å². The number of para-hydroxylation sites is 1. The molecule has 1 saturated heterocycles. The van der Waals surface area contributed by atoms with E-state index in [2.05, 4.69) is 16.0 Å². The van der Waals surface area contributed by atoms with E-state index < -0.39 is 0 Å². The first-order valence-corrected chi connectivity index (χ1v) is 10.5. The summed E-state index contributed by atoms with van der Waals surface area (Å²) in [4.78, 5) is 33.0. The number of Topliss-reactive ketones (excluding diaryl/α,β-unsaturated/α-hetero) is 1. The number of nitrogens with zero attached hydrogens (tertiary/aromatic N) is 2. The largest absolute Gasteiger partial charge is 0.350 e. The highest BCUT2D eigenvalue weighted by molar-refractivity contribution is 6.02. The van der Waals surface area contributed by atoms with Crippen molar-refractivity contribution in [1.29, 1.82) is 0 Å². The van der Waals surface area contributed by atoms with Gasteiger partial charge in [-0.2, -0.15) is 0 Å². The molecule has 0 aliphatic carbocycles. The van der Waals surface area contributed by atoms with E-state index in [0.29, 0.717) is 18.5 Å². The van der Waals surface area contributed by atoms with Crippen molar-refractivity contribution in [3.05, 3.63) is 71.2 Å². The lowest BCUT2D eigenvalue weighted by atomic mass is 9.94. The maximum absolute atomic E-state index is 13.0. The Kier molecular flexibility index (Phi) is 4.87. The maximum Gasteiger partial charge on any atom is 0.270 e. The topological polar surface area (TPSA) is 56.4 Å². The normalized spacial score (nSPS) is 19.0. The molecule has 1 N–H and O–H groups in total. The summed E-state index contributed by atoms with van der Waals surface area (Å²) in [5, 5.41) is 1.14. The highest BCUT2D eigenvalue weighted by Crippen LogP contribution is 2.31. The lowest BCUT2D eigenvalue weighted by Gasteiger charge is -2.43. The molecular weight excluding hydrogens is 381 g/mol. The van der Waals surface area contributed by atoms with Crippen molar-refractivity contribution in [1.82, 2.24) is 14.8 Å². The summed E-state index contributed by atoms with van der Waals surface area (Å²) in [6, 6.07) is 14.0. The Morgan fingerprint density at radius 3 is 2.73 bits per heavy atom. The van der Waals surface area contributed by atoms with E-state index in [1.54, 1.807) is 12.1 Å². The van der Waals surface area contributed by atoms with E-state index in [1.807, 2.05) is 23.1 Å². The van der Waals surface area contributed by atoms with Gasteiger partial charge < -0.3 is 9.88 Å². The molecule has 0 bridgehead atoms. The monoisotopic (exact) mass is 405 g/mol. The van der Waals surface area contributed by atoms with Crippen molar-refractivity contribution < 1.29 is 14.0 Å². The van der Waals surface area contributed by atoms with Gasteiger partial charge in [-0.3, -0.25) is 14.5 Å². The van der Waals surface area contributed by atoms with Crippen molar-refractivity contribution in [3.8, 4) is 0 Å². The third kappa shape index (κ3) is 3.41. The summed E-state index contributed by atoms with van der Waals surface area (Å²) >= 11 is 0. The molecule has 1 amide bonds. The number of piperazine rings is 1. The van der Waals surface area contributed by atoms with E-state index in [9.17, 15) is 14.0 Å². The molecule has 2 aliphatic rings. The van der Waals surface area contributed by atoms with Crippen LogP contribution in [0.15, 0.2) is 48.5 Å². The molecule has 0 radical (unpaired) electrons. The zero-order chi connectivity index (χ0) is 20.7. The van der Waals surface area contributed by atoms with Crippen molar-refractivity contribution in [2.24, 2.45) is 0 Å². The number of amides is 1. The van der Waals surface area contributed by atoms with E-state index in [1.165, 1.54) is 12.1 Å². The lowest BCUT2D eigenvalue weighted by Crippen LogP contribution is -2.58. The number of benzene rings is 2. The summed E-state index contributed by atoms with van der Waals surface area (Å²) in [6.45, 7) is 3.19. The van der Waals surface area contributed by atoms with Gasteiger partial charge in [0.05, 0.1) is 0 Å². The molecule has 0 saturated carbocycles. The van der Waals surface area contributed by atoms with Gasteiger partial charge in [0.15, 0.2) is 5.78 Å². The molecule has 5 rings (SSSR count). The number of carbonyl (C=O) groups excluding carboxylic acids is 2. The predicted molar refractivity (Wildman–Crippen MR) is 113 cm³/mol. The van der Waals surface area contributed by atoms with Crippen LogP contribution in [0.25, 0.3) is 10.9 Å². The van der Waals surface area contributed by atoms with E-state index in [4.69, 9.17) is 0 Å². The number of fused-ring (bicyclic) bond motifs is 4. The molecular formula is C24H24FN3O2. The Hall–Kier alpha value is -2.99. The van der Waals surface area contributed by atoms with Crippen LogP contribution in [-0.4, -0.2) is 58.7 Å². The second-order valence-electron chi connectivity index (χ2n) is 8.21. The molecule has 1 fully saturated rings. The first kappa shape index (κ1) is 19.0. The molecule has 1 unspecified atom stereocenters. The zero-order valence-corrected chi connectivity index (χ0v) is 16.7. The molecule has 5 nitrogen and oxygen atoms in total. The number of ketones is 1. The van der Waals surface area contributed by atoms with E-state index >= 15 is 0 Å². The minimum Gasteiger partial charge on any atom is -0.350 e. The fraction of sp³-hybridized carbons (Fsp3) is 0.333. The summed E-state index contributed by atoms with van der Waals surface area (Å²) < 4.78 is 13.0. The van der Waals surface area contributed by atoms with Gasteiger partial charge in [-0.25, -0.2) is 4.39 Å². The summed E-state index contributed by atoms with van der Waals surface area (Å²) in [6.07, 6.45) is 2.06. The Morgan fingerprint density at radius 2 is 1.90 bits per heavy atom. The van der Waals surface area contributed by atoms with Crippen LogP contribution < -0.4 is 0 Å². The van der Waals surface area contributed by atoms with Gasteiger partial charge >= 0.3 is 0 Å². The molecule has 3 heterocycles. The van der Waals surface area contributed by atoms with Crippen LogP contribution >= 0.6 is 0 Å². The smallest absolute Gasteiger partial charge is 0.270 e. The molecule has 3 aromatic rings. The third-order valence-corrected chi connectivity index (χ3v) is 6.34. The molecule has 2 aliphatic heterocycles. The molecule has 1 aromatic heterocycles. The standard InChI is InChI=1S/C24H24FN3O2/c25-17-9-7-16(8-10-17)22(29)6-3-11-27-12-13-28-18(15-27)14-20-19-4-1-2-5-21(19)26-23(20)24(28)30/h1-2,4-5,7-10,18,26H,3,6,11-15H2. The fourth-order valence-corrected chi connectivity index (χ4v) is 4.78. The number of H-pyrrole nitrogens is 1. The number of hydrogen-bond acceptors (Lipinski definition) is 3. The van der Waals surface area contributed by atoms with Crippen LogP contribution in [0.1, 0.15) is 39.3 Å². The number of halogens is 1. The third-order valence-electron chi connectivity index (χ3n) is 6.34. The van der Waals surface area contributed by atoms with Crippen molar-refractivity contribution in [2.75, 3.05) is 26.2 Å². The Labute approximate surface area is 174 Å². The number of hydrogen-bond donors (Lipinski definition) is 1. The van der Waals surface area contributed by atoms with E-state index in [-0.39, 0.29) is 23.5 Å². The number of aromatic nitrogens is 1. The molecule has 1 atom stereocenters. The first-order valence-electron chi connectivity index (χ1n) is 10.5. The van der Waals surface area contributed by atoms with Gasteiger partial charge in [0.1, 0.15) is 11.5 Å². The Bertz CT molecular complexity index is 1110. The van der Waals surface area contributed by atoms with Crippen LogP contribution in [0.4, 0.5) is 4.39 Å². The highest BCUT2D eigenvalue weighted by atomic mass is 19.1. The fourth-order valence-electron chi connectivity index (χ4n) is 4.78. The van der Waals surface area contributed by atoms with Crippen LogP contribution in [-0.2, 0) is 6.42 Å². The van der Waals surface area contributed by atoms with Crippen LogP contribution in [0, 0.1) is 5.82 Å². The predicted octanol–water partition coefficient (Wildman–Crippen LogP) is 3.65. The molecule has 6 heteroatoms. The van der Waals surface area contributed by atoms with Gasteiger partial charge in [0, 0.05) is 48.6 Å². The zero-order valence-electron chi connectivity index (χ0n) is 16.7. The molecule has 0 spiro atoms. The summed E-state index contributed by atoms with van der Waals surface area (Å²) in [5.74, 6) is -0.182. The highest BCUT2D eigenvalue weighted by Gasteiger charge is 2.38. The maximum atomic E-state index is 13.0. The van der Waals surface area contributed by atoms with Crippen molar-refractivity contribution in [2.45, 2.75) is 25.3 Å². The van der Waals surface area contributed by atoms with Crippen LogP contribution in [0.3, 0.4) is 0 Å². The SMILES string of the molecule is O=C(CCCN1CCN2C(=O)c3[nH]c4ccccc4c3CC2C1)c1ccc(F)cc1. The molecule has 154 valence electrons. The second kappa shape index (κ2) is 7.69. The number of aromatic amines is 1. The average molecular weight is 405 g/mol. The minimum absolute atomic E-state index is 0.0462. The number of carbonyl (C=O) groups is 2. The number of nitrogens with one attached hydrogen (secondary N) is 1. The first-order chi connectivity index (χ1) is 14.6. The summed E-state index contributed by atoms with van der Waals surface area (Å²) in [7, 11) is 0. The number of rotatable bonds is 5. The second-order valence-corrected chi connectivity index (χ2v) is 8.21. The van der Waals surface area contributed by atoms with Gasteiger partial charge in [0.25, 0.3) is 5.91 Å². The molecule has 30 heavy (non-hydrogen) atoms. The van der Waals surface area contributed by atoms with Gasteiger partial charge in [-0.05, 0) is 55.3 Å². The van der Waals surface area contributed by atoms with Crippen molar-refractivity contribution >= 4 is 22.6 Å². The van der Waals surface area contributed by atoms with Gasteiger partial charge in [0.2, 0.25) is 0 Å². The average Bonchev–Trinajstić information content (AvgIpc) is 3.13. The Balaban J connectivity index is 1.21.